The number of rotatable bonds is 4. The molecule has 1 aliphatic rings. The summed E-state index contributed by atoms with van der Waals surface area (Å²) >= 11 is -0.163. The van der Waals surface area contributed by atoms with Crippen LogP contribution in [0.5, 0.6) is 0 Å². The van der Waals surface area contributed by atoms with Gasteiger partial charge in [0.05, 0.1) is 6.61 Å². The lowest BCUT2D eigenvalue weighted by Crippen LogP contribution is -3.59. The molecule has 5 nitrogen and oxygen atoms in total. The molecule has 0 bridgehead atoms. The van der Waals surface area contributed by atoms with E-state index in [1.165, 1.54) is 9.99 Å². The van der Waals surface area contributed by atoms with E-state index in [9.17, 15) is 13.2 Å². The van der Waals surface area contributed by atoms with E-state index in [2.05, 4.69) is 41.0 Å². The molecule has 0 amide bonds. The fraction of sp³-hybridized carbons (Fsp3) is 0.529. The van der Waals surface area contributed by atoms with E-state index in [0.29, 0.717) is 12.5 Å². The lowest BCUT2D eigenvalue weighted by molar-refractivity contribution is -0.535. The van der Waals surface area contributed by atoms with E-state index < -0.39 is 15.6 Å². The monoisotopic (exact) mass is 520 g/mol. The molecule has 1 heterocycles. The van der Waals surface area contributed by atoms with Crippen LogP contribution in [0.4, 0.5) is 13.2 Å². The highest BCUT2D eigenvalue weighted by atomic mass is 127. The number of hydrogen-bond acceptors (Lipinski definition) is 5. The summed E-state index contributed by atoms with van der Waals surface area (Å²) < 4.78 is 74.9. The summed E-state index contributed by atoms with van der Waals surface area (Å²) in [6.07, 6.45) is 3.15. The van der Waals surface area contributed by atoms with Gasteiger partial charge in [0.15, 0.2) is 20.3 Å². The standard InChI is InChI=1S/C16H20IO2.CHF3O3S/c1-14-8-7-13-19-16(14)18-12-6-5-11-17-15-9-3-2-4-10-15;2-1(3,4)8(5,6)7/h2-4,9-10,14,16H,6-8,12-13H2,1H3;(H,5,6,7)/q+1;/p-1/t14-,16-;/m1./s1. The highest BCUT2D eigenvalue weighted by molar-refractivity contribution is 7.86. The molecule has 2 atom stereocenters. The molecule has 1 aliphatic heterocycles. The molecule has 0 spiro atoms. The highest BCUT2D eigenvalue weighted by Gasteiger charge is 2.36. The zero-order chi connectivity index (χ0) is 20.3. The van der Waals surface area contributed by atoms with Gasteiger partial charge in [-0.15, -0.1) is 0 Å². The summed E-state index contributed by atoms with van der Waals surface area (Å²) in [5.74, 6) is 3.72. The second-order valence-corrected chi connectivity index (χ2v) is 9.24. The smallest absolute Gasteiger partial charge is 0.485 e. The predicted octanol–water partition coefficient (Wildman–Crippen LogP) is 0.137. The van der Waals surface area contributed by atoms with Gasteiger partial charge in [-0.25, -0.2) is 8.42 Å². The number of alkyl halides is 3. The SMILES string of the molecule is C[C@@H]1CCCO[C@H]1OCCC#C[I+]c1ccccc1.O=S(=O)([O-])C(F)(F)F. The minimum absolute atomic E-state index is 0.0145. The maximum Gasteiger partial charge on any atom is 0.485 e. The fourth-order valence-corrected chi connectivity index (χ4v) is 3.50. The van der Waals surface area contributed by atoms with Gasteiger partial charge in [0.1, 0.15) is 0 Å². The molecule has 1 aromatic rings. The maximum atomic E-state index is 10.7. The highest BCUT2D eigenvalue weighted by Crippen LogP contribution is 2.21. The molecule has 0 radical (unpaired) electrons. The molecule has 0 saturated carbocycles. The van der Waals surface area contributed by atoms with Gasteiger partial charge in [0, 0.05) is 18.9 Å². The largest absolute Gasteiger partial charge is 0.741 e. The van der Waals surface area contributed by atoms with Crippen LogP contribution in [0.15, 0.2) is 30.3 Å². The van der Waals surface area contributed by atoms with E-state index in [1.54, 1.807) is 0 Å². The van der Waals surface area contributed by atoms with Gasteiger partial charge >= 0.3 is 26.7 Å². The molecular formula is C17H20F3IO5S. The minimum Gasteiger partial charge on any atom is -0.741 e. The van der Waals surface area contributed by atoms with Crippen molar-refractivity contribution in [2.24, 2.45) is 5.92 Å². The Labute approximate surface area is 167 Å². The lowest BCUT2D eigenvalue weighted by Gasteiger charge is -2.28. The minimum atomic E-state index is -6.09. The molecule has 0 aromatic heterocycles. The molecule has 0 N–H and O–H groups in total. The first kappa shape index (κ1) is 24.2. The molecule has 1 fully saturated rings. The van der Waals surface area contributed by atoms with E-state index in [0.717, 1.165) is 19.4 Å². The third-order valence-corrected chi connectivity index (χ3v) is 5.86. The van der Waals surface area contributed by atoms with Gasteiger partial charge in [-0.05, 0) is 30.9 Å². The Kier molecular flexibility index (Phi) is 10.6. The van der Waals surface area contributed by atoms with Gasteiger partial charge in [-0.3, -0.25) is 0 Å². The Hall–Kier alpha value is -0.870. The Balaban J connectivity index is 0.000000387. The molecule has 2 rings (SSSR count). The number of ether oxygens (including phenoxy) is 2. The first-order valence-electron chi connectivity index (χ1n) is 8.03. The fourth-order valence-electron chi connectivity index (χ4n) is 1.96. The molecule has 27 heavy (non-hydrogen) atoms. The Morgan fingerprint density at radius 3 is 2.52 bits per heavy atom. The summed E-state index contributed by atoms with van der Waals surface area (Å²) in [6.45, 7) is 3.71. The van der Waals surface area contributed by atoms with Crippen molar-refractivity contribution >= 4 is 10.1 Å². The van der Waals surface area contributed by atoms with Crippen molar-refractivity contribution in [3.05, 3.63) is 33.9 Å². The summed E-state index contributed by atoms with van der Waals surface area (Å²) in [4.78, 5) is 0. The molecular weight excluding hydrogens is 500 g/mol. The van der Waals surface area contributed by atoms with Crippen molar-refractivity contribution in [2.45, 2.75) is 38.0 Å². The van der Waals surface area contributed by atoms with Crippen molar-refractivity contribution in [2.75, 3.05) is 13.2 Å². The Morgan fingerprint density at radius 1 is 1.33 bits per heavy atom. The van der Waals surface area contributed by atoms with Gasteiger partial charge in [-0.1, -0.05) is 25.1 Å². The van der Waals surface area contributed by atoms with Crippen LogP contribution in [0.25, 0.3) is 0 Å². The van der Waals surface area contributed by atoms with Crippen molar-refractivity contribution in [1.82, 2.24) is 0 Å². The molecule has 152 valence electrons. The van der Waals surface area contributed by atoms with E-state index in [4.69, 9.17) is 22.4 Å². The van der Waals surface area contributed by atoms with Gasteiger partial charge < -0.3 is 14.0 Å². The van der Waals surface area contributed by atoms with Crippen LogP contribution in [0.1, 0.15) is 26.2 Å². The predicted molar refractivity (Wildman–Crippen MR) is 87.4 cm³/mol. The average Bonchev–Trinajstić information content (AvgIpc) is 2.59. The maximum absolute atomic E-state index is 10.7. The third-order valence-electron chi connectivity index (χ3n) is 3.30. The van der Waals surface area contributed by atoms with Crippen LogP contribution in [-0.4, -0.2) is 38.0 Å². The lowest BCUT2D eigenvalue weighted by atomic mass is 10.0. The van der Waals surface area contributed by atoms with Crippen molar-refractivity contribution in [1.29, 1.82) is 0 Å². The summed E-state index contributed by atoms with van der Waals surface area (Å²) in [5, 5.41) is 0. The second-order valence-electron chi connectivity index (χ2n) is 5.54. The van der Waals surface area contributed by atoms with Crippen molar-refractivity contribution in [3.8, 4) is 9.85 Å². The van der Waals surface area contributed by atoms with Crippen LogP contribution in [0.2, 0.25) is 0 Å². The average molecular weight is 520 g/mol. The number of hydrogen-bond donors (Lipinski definition) is 0. The summed E-state index contributed by atoms with van der Waals surface area (Å²) in [6, 6.07) is 10.5. The Morgan fingerprint density at radius 2 is 1.96 bits per heavy atom. The molecule has 10 heteroatoms. The Bertz CT molecular complexity index is 714. The van der Waals surface area contributed by atoms with Crippen LogP contribution >= 0.6 is 0 Å². The van der Waals surface area contributed by atoms with Crippen molar-refractivity contribution < 1.29 is 56.8 Å². The van der Waals surface area contributed by atoms with Crippen LogP contribution < -0.4 is 21.2 Å². The molecule has 0 aliphatic carbocycles. The summed E-state index contributed by atoms with van der Waals surface area (Å²) in [5.41, 5.74) is -5.65. The zero-order valence-corrected chi connectivity index (χ0v) is 17.5. The number of halogens is 4. The van der Waals surface area contributed by atoms with Crippen LogP contribution in [0, 0.1) is 19.3 Å². The second kappa shape index (κ2) is 11.9. The van der Waals surface area contributed by atoms with Gasteiger partial charge in [0.2, 0.25) is 3.57 Å². The van der Waals surface area contributed by atoms with Gasteiger partial charge in [0.25, 0.3) is 0 Å². The van der Waals surface area contributed by atoms with E-state index >= 15 is 0 Å². The normalized spacial score (nSPS) is 20.0. The van der Waals surface area contributed by atoms with E-state index in [1.807, 2.05) is 6.07 Å². The first-order valence-corrected chi connectivity index (χ1v) is 11.6. The molecule has 1 saturated heterocycles. The van der Waals surface area contributed by atoms with Crippen molar-refractivity contribution in [3.63, 3.8) is 0 Å². The first-order chi connectivity index (χ1) is 12.6. The van der Waals surface area contributed by atoms with Crippen LogP contribution in [0.3, 0.4) is 0 Å². The van der Waals surface area contributed by atoms with Crippen LogP contribution in [-0.2, 0) is 19.6 Å². The quantitative estimate of drug-likeness (QED) is 0.186. The number of benzene rings is 1. The zero-order valence-electron chi connectivity index (χ0n) is 14.5. The molecule has 0 unspecified atom stereocenters. The summed E-state index contributed by atoms with van der Waals surface area (Å²) in [7, 11) is -6.09. The topological polar surface area (TPSA) is 75.7 Å². The van der Waals surface area contributed by atoms with Gasteiger partial charge in [-0.2, -0.15) is 13.2 Å². The van der Waals surface area contributed by atoms with E-state index in [-0.39, 0.29) is 27.5 Å². The molecule has 1 aromatic carbocycles. The third kappa shape index (κ3) is 10.3.